The first-order chi connectivity index (χ1) is 6.06. The molecular formula is C9H19NO3. The fraction of sp³-hybridized carbons (Fsp3) is 0.889. The Hall–Kier alpha value is -0.610. The van der Waals surface area contributed by atoms with E-state index in [4.69, 9.17) is 5.11 Å². The van der Waals surface area contributed by atoms with Crippen LogP contribution in [0.1, 0.15) is 33.1 Å². The Morgan fingerprint density at radius 2 is 2.15 bits per heavy atom. The summed E-state index contributed by atoms with van der Waals surface area (Å²) in [7, 11) is 0. The van der Waals surface area contributed by atoms with Gasteiger partial charge in [-0.25, -0.2) is 0 Å². The molecule has 0 aliphatic heterocycles. The van der Waals surface area contributed by atoms with Crippen LogP contribution in [0.2, 0.25) is 0 Å². The summed E-state index contributed by atoms with van der Waals surface area (Å²) in [4.78, 5) is 10.3. The molecule has 0 saturated carbocycles. The Bertz CT molecular complexity index is 150. The Balaban J connectivity index is 3.36. The zero-order valence-corrected chi connectivity index (χ0v) is 8.29. The molecule has 13 heavy (non-hydrogen) atoms. The van der Waals surface area contributed by atoms with Gasteiger partial charge in [-0.05, 0) is 26.3 Å². The molecule has 4 heteroatoms. The van der Waals surface area contributed by atoms with E-state index in [1.807, 2.05) is 13.8 Å². The van der Waals surface area contributed by atoms with E-state index in [-0.39, 0.29) is 18.6 Å². The molecule has 2 atom stereocenters. The van der Waals surface area contributed by atoms with E-state index in [0.717, 1.165) is 6.42 Å². The topological polar surface area (TPSA) is 69.6 Å². The van der Waals surface area contributed by atoms with Gasteiger partial charge in [-0.3, -0.25) is 4.79 Å². The van der Waals surface area contributed by atoms with Crippen LogP contribution in [0.25, 0.3) is 0 Å². The SMILES string of the molecule is CCC(O)CCNC(C)CC(=O)O. The fourth-order valence-electron chi connectivity index (χ4n) is 1.03. The van der Waals surface area contributed by atoms with Gasteiger partial charge in [-0.2, -0.15) is 0 Å². The van der Waals surface area contributed by atoms with Crippen molar-refractivity contribution in [1.29, 1.82) is 0 Å². The molecule has 3 N–H and O–H groups in total. The smallest absolute Gasteiger partial charge is 0.304 e. The highest BCUT2D eigenvalue weighted by atomic mass is 16.4. The van der Waals surface area contributed by atoms with Gasteiger partial charge in [0.2, 0.25) is 0 Å². The molecule has 0 radical (unpaired) electrons. The molecule has 0 bridgehead atoms. The average Bonchev–Trinajstić information content (AvgIpc) is 2.02. The minimum atomic E-state index is -0.795. The number of aliphatic hydroxyl groups is 1. The van der Waals surface area contributed by atoms with Crippen LogP contribution in [0.15, 0.2) is 0 Å². The first-order valence-corrected chi connectivity index (χ1v) is 4.69. The van der Waals surface area contributed by atoms with E-state index < -0.39 is 5.97 Å². The largest absolute Gasteiger partial charge is 0.481 e. The zero-order chi connectivity index (χ0) is 10.3. The number of hydrogen-bond donors (Lipinski definition) is 3. The minimum Gasteiger partial charge on any atom is -0.481 e. The van der Waals surface area contributed by atoms with Crippen LogP contribution in [0.5, 0.6) is 0 Å². The molecule has 0 rings (SSSR count). The summed E-state index contributed by atoms with van der Waals surface area (Å²) in [6.07, 6.45) is 1.28. The van der Waals surface area contributed by atoms with E-state index in [0.29, 0.717) is 13.0 Å². The van der Waals surface area contributed by atoms with Crippen molar-refractivity contribution in [2.24, 2.45) is 0 Å². The van der Waals surface area contributed by atoms with Crippen LogP contribution in [0.4, 0.5) is 0 Å². The van der Waals surface area contributed by atoms with E-state index in [2.05, 4.69) is 5.32 Å². The fourth-order valence-corrected chi connectivity index (χ4v) is 1.03. The van der Waals surface area contributed by atoms with E-state index >= 15 is 0 Å². The standard InChI is InChI=1S/C9H19NO3/c1-3-8(11)4-5-10-7(2)6-9(12)13/h7-8,10-11H,3-6H2,1-2H3,(H,12,13). The third kappa shape index (κ3) is 7.74. The third-order valence-electron chi connectivity index (χ3n) is 1.92. The lowest BCUT2D eigenvalue weighted by Crippen LogP contribution is -2.30. The summed E-state index contributed by atoms with van der Waals surface area (Å²) in [5, 5.41) is 20.7. The molecule has 2 unspecified atom stereocenters. The number of carbonyl (C=O) groups is 1. The Labute approximate surface area is 79.0 Å². The maximum Gasteiger partial charge on any atom is 0.304 e. The maximum absolute atomic E-state index is 10.3. The lowest BCUT2D eigenvalue weighted by atomic mass is 10.2. The van der Waals surface area contributed by atoms with E-state index in [1.54, 1.807) is 0 Å². The van der Waals surface area contributed by atoms with Crippen LogP contribution >= 0.6 is 0 Å². The van der Waals surface area contributed by atoms with Gasteiger partial charge in [0, 0.05) is 6.04 Å². The summed E-state index contributed by atoms with van der Waals surface area (Å²) in [6, 6.07) is -0.0263. The highest BCUT2D eigenvalue weighted by molar-refractivity contribution is 5.67. The molecular weight excluding hydrogens is 170 g/mol. The van der Waals surface area contributed by atoms with Crippen LogP contribution in [-0.4, -0.2) is 34.9 Å². The normalized spacial score (nSPS) is 15.3. The maximum atomic E-state index is 10.3. The molecule has 0 aromatic heterocycles. The number of nitrogens with one attached hydrogen (secondary N) is 1. The van der Waals surface area contributed by atoms with Crippen molar-refractivity contribution in [3.63, 3.8) is 0 Å². The molecule has 0 aliphatic carbocycles. The third-order valence-corrected chi connectivity index (χ3v) is 1.92. The highest BCUT2D eigenvalue weighted by Crippen LogP contribution is 1.96. The van der Waals surface area contributed by atoms with Crippen LogP contribution in [0, 0.1) is 0 Å². The zero-order valence-electron chi connectivity index (χ0n) is 8.29. The number of hydrogen-bond acceptors (Lipinski definition) is 3. The number of carboxylic acid groups (broad SMARTS) is 1. The average molecular weight is 189 g/mol. The summed E-state index contributed by atoms with van der Waals surface area (Å²) in [5.74, 6) is -0.795. The summed E-state index contributed by atoms with van der Waals surface area (Å²) in [6.45, 7) is 4.42. The van der Waals surface area contributed by atoms with Gasteiger partial charge >= 0.3 is 5.97 Å². The van der Waals surface area contributed by atoms with Gasteiger partial charge in [0.1, 0.15) is 0 Å². The summed E-state index contributed by atoms with van der Waals surface area (Å²) >= 11 is 0. The van der Waals surface area contributed by atoms with Gasteiger partial charge in [-0.15, -0.1) is 0 Å². The monoisotopic (exact) mass is 189 g/mol. The second-order valence-electron chi connectivity index (χ2n) is 3.30. The molecule has 78 valence electrons. The van der Waals surface area contributed by atoms with Gasteiger partial charge in [0.05, 0.1) is 12.5 Å². The second-order valence-corrected chi connectivity index (χ2v) is 3.30. The number of aliphatic carboxylic acids is 1. The second kappa shape index (κ2) is 6.86. The van der Waals surface area contributed by atoms with E-state index in [9.17, 15) is 9.90 Å². The van der Waals surface area contributed by atoms with Gasteiger partial charge in [-0.1, -0.05) is 6.92 Å². The minimum absolute atomic E-state index is 0.0263. The van der Waals surface area contributed by atoms with Crippen molar-refractivity contribution in [3.05, 3.63) is 0 Å². The number of rotatable bonds is 7. The predicted octanol–water partition coefficient (Wildman–Crippen LogP) is 0.600. The van der Waals surface area contributed by atoms with Crippen LogP contribution in [-0.2, 0) is 4.79 Å². The molecule has 0 fully saturated rings. The quantitative estimate of drug-likeness (QED) is 0.548. The first-order valence-electron chi connectivity index (χ1n) is 4.69. The van der Waals surface area contributed by atoms with Gasteiger partial charge < -0.3 is 15.5 Å². The summed E-state index contributed by atoms with van der Waals surface area (Å²) < 4.78 is 0. The van der Waals surface area contributed by atoms with Crippen LogP contribution < -0.4 is 5.32 Å². The first kappa shape index (κ1) is 12.4. The Morgan fingerprint density at radius 1 is 1.54 bits per heavy atom. The van der Waals surface area contributed by atoms with Crippen molar-refractivity contribution < 1.29 is 15.0 Å². The van der Waals surface area contributed by atoms with Crippen molar-refractivity contribution in [2.45, 2.75) is 45.3 Å². The number of carboxylic acids is 1. The van der Waals surface area contributed by atoms with Gasteiger partial charge in [0.25, 0.3) is 0 Å². The van der Waals surface area contributed by atoms with Gasteiger partial charge in [0.15, 0.2) is 0 Å². The lowest BCUT2D eigenvalue weighted by molar-refractivity contribution is -0.137. The van der Waals surface area contributed by atoms with Crippen molar-refractivity contribution in [3.8, 4) is 0 Å². The molecule has 0 aliphatic rings. The van der Waals surface area contributed by atoms with E-state index in [1.165, 1.54) is 0 Å². The predicted molar refractivity (Wildman–Crippen MR) is 50.6 cm³/mol. The molecule has 4 nitrogen and oxygen atoms in total. The summed E-state index contributed by atoms with van der Waals surface area (Å²) in [5.41, 5.74) is 0. The number of aliphatic hydroxyl groups excluding tert-OH is 1. The molecule has 0 aromatic rings. The van der Waals surface area contributed by atoms with Crippen molar-refractivity contribution in [2.75, 3.05) is 6.54 Å². The molecule has 0 amide bonds. The highest BCUT2D eigenvalue weighted by Gasteiger charge is 2.07. The molecule has 0 heterocycles. The van der Waals surface area contributed by atoms with Crippen LogP contribution in [0.3, 0.4) is 0 Å². The molecule has 0 spiro atoms. The van der Waals surface area contributed by atoms with Crippen molar-refractivity contribution in [1.82, 2.24) is 5.32 Å². The Kier molecular flexibility index (Phi) is 6.54. The lowest BCUT2D eigenvalue weighted by Gasteiger charge is -2.13. The van der Waals surface area contributed by atoms with Crippen molar-refractivity contribution >= 4 is 5.97 Å². The Morgan fingerprint density at radius 3 is 2.62 bits per heavy atom. The molecule has 0 aromatic carbocycles. The molecule has 0 saturated heterocycles.